The van der Waals surface area contributed by atoms with Crippen LogP contribution in [-0.4, -0.2) is 55.4 Å². The molecule has 1 aliphatic carbocycles. The second-order valence-corrected chi connectivity index (χ2v) is 8.95. The maximum absolute atomic E-state index is 12.1. The number of pyridine rings is 1. The van der Waals surface area contributed by atoms with E-state index < -0.39 is 10.8 Å². The zero-order valence-corrected chi connectivity index (χ0v) is 19.8. The van der Waals surface area contributed by atoms with Crippen LogP contribution in [0.4, 0.5) is 0 Å². The minimum Gasteiger partial charge on any atom is -0.356 e. The lowest BCUT2D eigenvalue weighted by Crippen LogP contribution is -2.46. The third-order valence-corrected chi connectivity index (χ3v) is 6.84. The fourth-order valence-electron chi connectivity index (χ4n) is 3.65. The lowest BCUT2D eigenvalue weighted by Gasteiger charge is -2.30. The molecule has 28 heavy (non-hydrogen) atoms. The average Bonchev–Trinajstić information content (AvgIpc) is 3.13. The molecule has 0 aromatic carbocycles. The SMILES string of the molecule is CCS(=O)C1CCCC(NC(=NC)NCCCc2nnc3ccccn23)C1.I. The molecule has 0 saturated heterocycles. The van der Waals surface area contributed by atoms with E-state index in [0.29, 0.717) is 11.3 Å². The van der Waals surface area contributed by atoms with Gasteiger partial charge in [0.05, 0.1) is 0 Å². The van der Waals surface area contributed by atoms with Gasteiger partial charge in [-0.2, -0.15) is 0 Å². The molecular formula is C19H31IN6OS. The van der Waals surface area contributed by atoms with Gasteiger partial charge in [0.2, 0.25) is 0 Å². The fourth-order valence-corrected chi connectivity index (χ4v) is 5.00. The van der Waals surface area contributed by atoms with E-state index in [9.17, 15) is 4.21 Å². The van der Waals surface area contributed by atoms with Crippen LogP contribution >= 0.6 is 24.0 Å². The molecule has 3 atom stereocenters. The highest BCUT2D eigenvalue weighted by Gasteiger charge is 2.25. The first-order valence-corrected chi connectivity index (χ1v) is 11.2. The first-order chi connectivity index (χ1) is 13.2. The van der Waals surface area contributed by atoms with Crippen LogP contribution in [0.2, 0.25) is 0 Å². The minimum absolute atomic E-state index is 0. The summed E-state index contributed by atoms with van der Waals surface area (Å²) in [5, 5.41) is 15.7. The normalized spacial score (nSPS) is 21.1. The number of fused-ring (bicyclic) bond motifs is 1. The van der Waals surface area contributed by atoms with E-state index in [1.54, 1.807) is 7.05 Å². The summed E-state index contributed by atoms with van der Waals surface area (Å²) in [6.07, 6.45) is 8.09. The van der Waals surface area contributed by atoms with Crippen LogP contribution in [0, 0.1) is 0 Å². The van der Waals surface area contributed by atoms with E-state index in [1.807, 2.05) is 35.7 Å². The van der Waals surface area contributed by atoms with Gasteiger partial charge < -0.3 is 10.6 Å². The zero-order valence-electron chi connectivity index (χ0n) is 16.6. The van der Waals surface area contributed by atoms with Gasteiger partial charge in [0.1, 0.15) is 5.82 Å². The Morgan fingerprint density at radius 2 is 2.21 bits per heavy atom. The lowest BCUT2D eigenvalue weighted by molar-refractivity contribution is 0.413. The van der Waals surface area contributed by atoms with Gasteiger partial charge in [0.15, 0.2) is 11.6 Å². The topological polar surface area (TPSA) is 83.7 Å². The maximum Gasteiger partial charge on any atom is 0.191 e. The largest absolute Gasteiger partial charge is 0.356 e. The molecule has 1 aliphatic rings. The molecule has 1 saturated carbocycles. The molecule has 3 rings (SSSR count). The number of aliphatic imine (C=N–C) groups is 1. The van der Waals surface area contributed by atoms with Crippen molar-refractivity contribution in [3.63, 3.8) is 0 Å². The van der Waals surface area contributed by atoms with Crippen LogP contribution in [-0.2, 0) is 17.2 Å². The number of aryl methyl sites for hydroxylation is 1. The van der Waals surface area contributed by atoms with E-state index in [4.69, 9.17) is 0 Å². The smallest absolute Gasteiger partial charge is 0.191 e. The van der Waals surface area contributed by atoms with Crippen molar-refractivity contribution in [1.29, 1.82) is 0 Å². The van der Waals surface area contributed by atoms with Gasteiger partial charge in [-0.15, -0.1) is 34.2 Å². The van der Waals surface area contributed by atoms with Gasteiger partial charge >= 0.3 is 0 Å². The van der Waals surface area contributed by atoms with Gasteiger partial charge in [0, 0.05) is 54.1 Å². The van der Waals surface area contributed by atoms with Crippen molar-refractivity contribution < 1.29 is 4.21 Å². The summed E-state index contributed by atoms with van der Waals surface area (Å²) in [7, 11) is 1.10. The summed E-state index contributed by atoms with van der Waals surface area (Å²) in [5.41, 5.74) is 0.884. The Bertz CT molecular complexity index is 796. The molecule has 9 heteroatoms. The number of halogens is 1. The van der Waals surface area contributed by atoms with E-state index >= 15 is 0 Å². The molecule has 1 fully saturated rings. The van der Waals surface area contributed by atoms with Crippen LogP contribution in [0.15, 0.2) is 29.4 Å². The van der Waals surface area contributed by atoms with Gasteiger partial charge in [-0.3, -0.25) is 13.6 Å². The van der Waals surface area contributed by atoms with Crippen molar-refractivity contribution in [3.05, 3.63) is 30.2 Å². The number of guanidine groups is 1. The first-order valence-electron chi connectivity index (χ1n) is 9.84. The molecule has 0 aliphatic heterocycles. The van der Waals surface area contributed by atoms with Crippen molar-refractivity contribution in [3.8, 4) is 0 Å². The number of hydrogen-bond donors (Lipinski definition) is 2. The molecular weight excluding hydrogens is 487 g/mol. The third kappa shape index (κ3) is 6.13. The Labute approximate surface area is 186 Å². The first kappa shape index (κ1) is 23.1. The van der Waals surface area contributed by atoms with Crippen LogP contribution in [0.3, 0.4) is 0 Å². The van der Waals surface area contributed by atoms with Gasteiger partial charge in [-0.05, 0) is 37.8 Å². The van der Waals surface area contributed by atoms with E-state index in [0.717, 1.165) is 68.3 Å². The summed E-state index contributed by atoms with van der Waals surface area (Å²) in [6, 6.07) is 6.28. The number of nitrogens with one attached hydrogen (secondary N) is 2. The number of rotatable bonds is 7. The highest BCUT2D eigenvalue weighted by atomic mass is 127. The Kier molecular flexibility index (Phi) is 9.63. The van der Waals surface area contributed by atoms with Gasteiger partial charge in [-0.1, -0.05) is 19.4 Å². The predicted octanol–water partition coefficient (Wildman–Crippen LogP) is 2.52. The van der Waals surface area contributed by atoms with Crippen LogP contribution in [0.5, 0.6) is 0 Å². The van der Waals surface area contributed by atoms with Crippen molar-refractivity contribution in [2.75, 3.05) is 19.3 Å². The number of nitrogens with zero attached hydrogens (tertiary/aromatic N) is 4. The molecule has 3 unspecified atom stereocenters. The Morgan fingerprint density at radius 3 is 3.00 bits per heavy atom. The second kappa shape index (κ2) is 11.7. The summed E-state index contributed by atoms with van der Waals surface area (Å²) < 4.78 is 14.1. The molecule has 0 spiro atoms. The monoisotopic (exact) mass is 518 g/mol. The average molecular weight is 518 g/mol. The molecule has 7 nitrogen and oxygen atoms in total. The summed E-state index contributed by atoms with van der Waals surface area (Å²) >= 11 is 0. The third-order valence-electron chi connectivity index (χ3n) is 5.10. The zero-order chi connectivity index (χ0) is 19.1. The molecule has 2 aromatic heterocycles. The van der Waals surface area contributed by atoms with Crippen molar-refractivity contribution in [2.45, 2.75) is 56.7 Å². The molecule has 156 valence electrons. The summed E-state index contributed by atoms with van der Waals surface area (Å²) in [5.74, 6) is 2.56. The van der Waals surface area contributed by atoms with Crippen molar-refractivity contribution >= 4 is 46.4 Å². The molecule has 0 radical (unpaired) electrons. The fraction of sp³-hybridized carbons (Fsp3) is 0.632. The maximum atomic E-state index is 12.1. The summed E-state index contributed by atoms with van der Waals surface area (Å²) in [4.78, 5) is 4.34. The minimum atomic E-state index is -0.702. The summed E-state index contributed by atoms with van der Waals surface area (Å²) in [6.45, 7) is 2.82. The molecule has 2 N–H and O–H groups in total. The molecule has 2 heterocycles. The lowest BCUT2D eigenvalue weighted by atomic mass is 9.95. The van der Waals surface area contributed by atoms with Gasteiger partial charge in [0.25, 0.3) is 0 Å². The van der Waals surface area contributed by atoms with E-state index in [2.05, 4.69) is 25.8 Å². The highest BCUT2D eigenvalue weighted by Crippen LogP contribution is 2.22. The van der Waals surface area contributed by atoms with Crippen molar-refractivity contribution in [1.82, 2.24) is 25.2 Å². The number of aromatic nitrogens is 3. The van der Waals surface area contributed by atoms with Crippen LogP contribution < -0.4 is 10.6 Å². The Hall–Kier alpha value is -1.23. The quantitative estimate of drug-likeness (QED) is 0.255. The van der Waals surface area contributed by atoms with E-state index in [1.165, 1.54) is 0 Å². The molecule has 0 amide bonds. The Morgan fingerprint density at radius 1 is 1.36 bits per heavy atom. The van der Waals surface area contributed by atoms with E-state index in [-0.39, 0.29) is 24.0 Å². The predicted molar refractivity (Wildman–Crippen MR) is 126 cm³/mol. The highest BCUT2D eigenvalue weighted by molar-refractivity contribution is 14.0. The van der Waals surface area contributed by atoms with Crippen LogP contribution in [0.25, 0.3) is 5.65 Å². The second-order valence-electron chi connectivity index (χ2n) is 6.95. The number of hydrogen-bond acceptors (Lipinski definition) is 4. The molecule has 0 bridgehead atoms. The van der Waals surface area contributed by atoms with Gasteiger partial charge in [-0.25, -0.2) is 0 Å². The van der Waals surface area contributed by atoms with Crippen LogP contribution in [0.1, 0.15) is 44.9 Å². The van der Waals surface area contributed by atoms with Crippen molar-refractivity contribution in [2.24, 2.45) is 4.99 Å². The molecule has 2 aromatic rings. The standard InChI is InChI=1S/C19H30N6OS.HI/c1-3-27(26)16-9-6-8-15(14-16)22-19(20-2)21-12-7-11-18-24-23-17-10-4-5-13-25(17)18;/h4-5,10,13,15-16H,3,6-9,11-12,14H2,1-2H3,(H2,20,21,22);1H. The Balaban J connectivity index is 0.00000280.